The molecule has 2 N–H and O–H groups in total. The highest BCUT2D eigenvalue weighted by Crippen LogP contribution is 2.24. The number of carbonyl (C=O) groups excluding carboxylic acids is 1. The van der Waals surface area contributed by atoms with Crippen LogP contribution in [0.15, 0.2) is 18.2 Å². The van der Waals surface area contributed by atoms with Crippen molar-refractivity contribution >= 4 is 22.6 Å². The molecule has 4 heteroatoms. The summed E-state index contributed by atoms with van der Waals surface area (Å²) in [5.74, 6) is 0.989. The van der Waals surface area contributed by atoms with Gasteiger partial charge in [-0.25, -0.2) is 4.98 Å². The van der Waals surface area contributed by atoms with Gasteiger partial charge in [-0.1, -0.05) is 26.0 Å². The Morgan fingerprint density at radius 2 is 1.86 bits per heavy atom. The van der Waals surface area contributed by atoms with E-state index < -0.39 is 0 Å². The van der Waals surface area contributed by atoms with Gasteiger partial charge in [0.15, 0.2) is 0 Å². The normalized spacial score (nSPS) is 11.0. The van der Waals surface area contributed by atoms with Crippen LogP contribution in [-0.4, -0.2) is 24.0 Å². The third-order valence-electron chi connectivity index (χ3n) is 3.94. The first-order valence-corrected chi connectivity index (χ1v) is 7.79. The Morgan fingerprint density at radius 3 is 2.55 bits per heavy atom. The van der Waals surface area contributed by atoms with E-state index in [0.29, 0.717) is 13.1 Å². The zero-order chi connectivity index (χ0) is 16.3. The van der Waals surface area contributed by atoms with Crippen LogP contribution in [0.3, 0.4) is 0 Å². The number of nitrogens with zero attached hydrogens (tertiary/aromatic N) is 1. The molecule has 0 unspecified atom stereocenters. The molecule has 0 spiro atoms. The first kappa shape index (κ1) is 16.3. The van der Waals surface area contributed by atoms with E-state index in [1.165, 1.54) is 16.5 Å². The summed E-state index contributed by atoms with van der Waals surface area (Å²) in [5, 5.41) is 7.39. The number of aryl methyl sites for hydroxylation is 3. The van der Waals surface area contributed by atoms with Crippen molar-refractivity contribution in [1.29, 1.82) is 0 Å². The van der Waals surface area contributed by atoms with Gasteiger partial charge in [0.2, 0.25) is 5.91 Å². The molecule has 0 aliphatic carbocycles. The topological polar surface area (TPSA) is 54.0 Å². The highest BCUT2D eigenvalue weighted by atomic mass is 16.1. The molecular formula is C18H25N3O. The summed E-state index contributed by atoms with van der Waals surface area (Å²) in [4.78, 5) is 16.3. The van der Waals surface area contributed by atoms with Crippen LogP contribution in [0, 0.1) is 26.7 Å². The van der Waals surface area contributed by atoms with Crippen molar-refractivity contribution < 1.29 is 4.79 Å². The maximum Gasteiger partial charge on any atom is 0.222 e. The quantitative estimate of drug-likeness (QED) is 0.833. The number of fused-ring (bicyclic) bond motifs is 1. The molecule has 0 saturated carbocycles. The predicted molar refractivity (Wildman–Crippen MR) is 92.3 cm³/mol. The molecule has 1 amide bonds. The molecule has 0 radical (unpaired) electrons. The van der Waals surface area contributed by atoms with E-state index >= 15 is 0 Å². The van der Waals surface area contributed by atoms with E-state index in [0.717, 1.165) is 16.9 Å². The summed E-state index contributed by atoms with van der Waals surface area (Å²) < 4.78 is 0. The number of benzene rings is 1. The van der Waals surface area contributed by atoms with E-state index in [1.54, 1.807) is 0 Å². The van der Waals surface area contributed by atoms with Crippen molar-refractivity contribution in [2.75, 3.05) is 18.4 Å². The van der Waals surface area contributed by atoms with Gasteiger partial charge in [-0.3, -0.25) is 4.79 Å². The van der Waals surface area contributed by atoms with Gasteiger partial charge >= 0.3 is 0 Å². The van der Waals surface area contributed by atoms with E-state index in [2.05, 4.69) is 49.6 Å². The van der Waals surface area contributed by atoms with Crippen LogP contribution < -0.4 is 10.6 Å². The molecule has 4 nitrogen and oxygen atoms in total. The monoisotopic (exact) mass is 299 g/mol. The lowest BCUT2D eigenvalue weighted by molar-refractivity contribution is -0.123. The number of pyridine rings is 1. The van der Waals surface area contributed by atoms with Crippen LogP contribution in [0.5, 0.6) is 0 Å². The van der Waals surface area contributed by atoms with Gasteiger partial charge < -0.3 is 10.6 Å². The Labute approximate surface area is 132 Å². The van der Waals surface area contributed by atoms with E-state index in [9.17, 15) is 4.79 Å². The number of aromatic nitrogens is 1. The highest BCUT2D eigenvalue weighted by Gasteiger charge is 2.08. The maximum atomic E-state index is 11.5. The number of anilines is 1. The fourth-order valence-corrected chi connectivity index (χ4v) is 2.34. The lowest BCUT2D eigenvalue weighted by atomic mass is 10.0. The smallest absolute Gasteiger partial charge is 0.222 e. The van der Waals surface area contributed by atoms with Crippen LogP contribution in [0.2, 0.25) is 0 Å². The minimum Gasteiger partial charge on any atom is -0.368 e. The second-order valence-electron chi connectivity index (χ2n) is 6.11. The van der Waals surface area contributed by atoms with Crippen molar-refractivity contribution in [2.24, 2.45) is 5.92 Å². The summed E-state index contributed by atoms with van der Waals surface area (Å²) in [6.07, 6.45) is 0. The second-order valence-corrected chi connectivity index (χ2v) is 6.11. The summed E-state index contributed by atoms with van der Waals surface area (Å²) >= 11 is 0. The Morgan fingerprint density at radius 1 is 1.14 bits per heavy atom. The number of nitrogens with one attached hydrogen (secondary N) is 2. The second kappa shape index (κ2) is 6.77. The Balaban J connectivity index is 2.09. The predicted octanol–water partition coefficient (Wildman–Crippen LogP) is 3.34. The third-order valence-corrected chi connectivity index (χ3v) is 3.94. The summed E-state index contributed by atoms with van der Waals surface area (Å²) in [5.41, 5.74) is 4.62. The molecule has 0 bridgehead atoms. The fourth-order valence-electron chi connectivity index (χ4n) is 2.34. The van der Waals surface area contributed by atoms with Gasteiger partial charge in [-0.15, -0.1) is 0 Å². The van der Waals surface area contributed by atoms with Crippen molar-refractivity contribution in [2.45, 2.75) is 34.6 Å². The van der Waals surface area contributed by atoms with Crippen LogP contribution in [0.4, 0.5) is 5.82 Å². The van der Waals surface area contributed by atoms with Crippen molar-refractivity contribution in [3.05, 3.63) is 34.9 Å². The molecule has 0 saturated heterocycles. The SMILES string of the molecule is Cc1cc2ccc(C)c(C)c2nc1NCCNC(=O)C(C)C. The lowest BCUT2D eigenvalue weighted by Gasteiger charge is -2.13. The molecule has 2 rings (SSSR count). The zero-order valence-electron chi connectivity index (χ0n) is 14.1. The van der Waals surface area contributed by atoms with Crippen molar-refractivity contribution in [3.8, 4) is 0 Å². The molecule has 0 aliphatic rings. The number of rotatable bonds is 5. The first-order valence-electron chi connectivity index (χ1n) is 7.79. The average Bonchev–Trinajstić information content (AvgIpc) is 2.48. The zero-order valence-corrected chi connectivity index (χ0v) is 14.1. The minimum absolute atomic E-state index is 0.0196. The number of carbonyl (C=O) groups is 1. The van der Waals surface area contributed by atoms with Gasteiger partial charge in [0.05, 0.1) is 5.52 Å². The minimum atomic E-state index is 0.0196. The van der Waals surface area contributed by atoms with E-state index in [-0.39, 0.29) is 11.8 Å². The summed E-state index contributed by atoms with van der Waals surface area (Å²) in [6, 6.07) is 6.40. The average molecular weight is 299 g/mol. The molecule has 0 aliphatic heterocycles. The van der Waals surface area contributed by atoms with Crippen molar-refractivity contribution in [3.63, 3.8) is 0 Å². The lowest BCUT2D eigenvalue weighted by Crippen LogP contribution is -2.32. The van der Waals surface area contributed by atoms with E-state index in [1.807, 2.05) is 13.8 Å². The molecule has 0 atom stereocenters. The summed E-state index contributed by atoms with van der Waals surface area (Å²) in [7, 11) is 0. The Bertz CT molecular complexity index is 692. The van der Waals surface area contributed by atoms with Crippen LogP contribution in [-0.2, 0) is 4.79 Å². The van der Waals surface area contributed by atoms with Gasteiger partial charge in [-0.2, -0.15) is 0 Å². The number of hydrogen-bond acceptors (Lipinski definition) is 3. The van der Waals surface area contributed by atoms with Gasteiger partial charge in [0.1, 0.15) is 5.82 Å². The van der Waals surface area contributed by atoms with Crippen LogP contribution in [0.25, 0.3) is 10.9 Å². The molecule has 22 heavy (non-hydrogen) atoms. The van der Waals surface area contributed by atoms with Gasteiger partial charge in [0, 0.05) is 24.4 Å². The molecule has 2 aromatic rings. The molecular weight excluding hydrogens is 274 g/mol. The van der Waals surface area contributed by atoms with Gasteiger partial charge in [-0.05, 0) is 43.5 Å². The molecule has 0 fully saturated rings. The Hall–Kier alpha value is -2.10. The van der Waals surface area contributed by atoms with Gasteiger partial charge in [0.25, 0.3) is 0 Å². The fraction of sp³-hybridized carbons (Fsp3) is 0.444. The standard InChI is InChI=1S/C18H25N3O/c1-11(2)18(22)20-9-8-19-17-13(4)10-15-7-6-12(3)14(5)16(15)21-17/h6-7,10-11H,8-9H2,1-5H3,(H,19,21)(H,20,22). The first-order chi connectivity index (χ1) is 10.4. The van der Waals surface area contributed by atoms with Crippen LogP contribution >= 0.6 is 0 Å². The highest BCUT2D eigenvalue weighted by molar-refractivity contribution is 5.85. The Kier molecular flexibility index (Phi) is 5.01. The maximum absolute atomic E-state index is 11.5. The molecule has 1 aromatic carbocycles. The number of hydrogen-bond donors (Lipinski definition) is 2. The third kappa shape index (κ3) is 3.56. The molecule has 118 valence electrons. The number of amides is 1. The molecule has 1 aromatic heterocycles. The molecule has 1 heterocycles. The van der Waals surface area contributed by atoms with E-state index in [4.69, 9.17) is 4.98 Å². The summed E-state index contributed by atoms with van der Waals surface area (Å²) in [6.45, 7) is 11.3. The largest absolute Gasteiger partial charge is 0.368 e. The van der Waals surface area contributed by atoms with Crippen LogP contribution in [0.1, 0.15) is 30.5 Å². The van der Waals surface area contributed by atoms with Crippen molar-refractivity contribution in [1.82, 2.24) is 10.3 Å².